The van der Waals surface area contributed by atoms with Gasteiger partial charge in [-0.25, -0.2) is 9.69 Å². The van der Waals surface area contributed by atoms with Crippen molar-refractivity contribution >= 4 is 45.5 Å². The molecule has 0 unspecified atom stereocenters. The van der Waals surface area contributed by atoms with Crippen molar-refractivity contribution in [2.45, 2.75) is 20.5 Å². The van der Waals surface area contributed by atoms with Crippen LogP contribution in [0.5, 0.6) is 11.5 Å². The number of carbonyl (C=O) groups excluding carboxylic acids is 3. The highest BCUT2D eigenvalue weighted by Crippen LogP contribution is 2.38. The molecule has 4 rings (SSSR count). The van der Waals surface area contributed by atoms with Crippen molar-refractivity contribution in [2.75, 3.05) is 11.5 Å². The van der Waals surface area contributed by atoms with E-state index < -0.39 is 17.8 Å². The Hall–Kier alpha value is -3.91. The lowest BCUT2D eigenvalue weighted by Crippen LogP contribution is -2.54. The van der Waals surface area contributed by atoms with Crippen LogP contribution in [0.3, 0.4) is 0 Å². The summed E-state index contributed by atoms with van der Waals surface area (Å²) < 4.78 is 12.4. The summed E-state index contributed by atoms with van der Waals surface area (Å²) in [5.41, 5.74) is 2.62. The van der Waals surface area contributed by atoms with Crippen molar-refractivity contribution in [1.82, 2.24) is 5.32 Å². The molecule has 35 heavy (non-hydrogen) atoms. The van der Waals surface area contributed by atoms with Gasteiger partial charge in [0, 0.05) is 0 Å². The van der Waals surface area contributed by atoms with Gasteiger partial charge < -0.3 is 9.47 Å². The van der Waals surface area contributed by atoms with Crippen LogP contribution < -0.4 is 19.7 Å². The van der Waals surface area contributed by atoms with Crippen LogP contribution in [0, 0.1) is 6.92 Å². The Balaban J connectivity index is 1.67. The van der Waals surface area contributed by atoms with Gasteiger partial charge in [-0.05, 0) is 76.8 Å². The summed E-state index contributed by atoms with van der Waals surface area (Å²) in [5, 5.41) is 2.24. The molecular formula is C27H23BrN2O5. The number of nitrogens with one attached hydrogen (secondary N) is 1. The van der Waals surface area contributed by atoms with Gasteiger partial charge in [-0.15, -0.1) is 0 Å². The quantitative estimate of drug-likeness (QED) is 0.324. The van der Waals surface area contributed by atoms with Crippen molar-refractivity contribution in [3.63, 3.8) is 0 Å². The maximum Gasteiger partial charge on any atom is 0.335 e. The number of hydrogen-bond donors (Lipinski definition) is 1. The van der Waals surface area contributed by atoms with Crippen LogP contribution in [0.4, 0.5) is 10.5 Å². The number of carbonyl (C=O) groups is 3. The van der Waals surface area contributed by atoms with E-state index in [-0.39, 0.29) is 5.57 Å². The van der Waals surface area contributed by atoms with E-state index in [1.807, 2.05) is 50.2 Å². The first-order chi connectivity index (χ1) is 16.9. The third kappa shape index (κ3) is 5.44. The maximum absolute atomic E-state index is 13.2. The molecule has 3 aromatic rings. The molecule has 1 aliphatic heterocycles. The molecule has 1 aliphatic rings. The number of benzene rings is 3. The number of amides is 4. The summed E-state index contributed by atoms with van der Waals surface area (Å²) in [5.74, 6) is -0.501. The van der Waals surface area contributed by atoms with E-state index in [1.165, 1.54) is 6.08 Å². The zero-order valence-corrected chi connectivity index (χ0v) is 20.8. The second-order valence-corrected chi connectivity index (χ2v) is 8.69. The number of anilines is 1. The molecule has 1 saturated heterocycles. The predicted molar refractivity (Wildman–Crippen MR) is 136 cm³/mol. The topological polar surface area (TPSA) is 84.9 Å². The van der Waals surface area contributed by atoms with Gasteiger partial charge in [-0.1, -0.05) is 42.5 Å². The molecule has 0 saturated carbocycles. The number of hydrogen-bond acceptors (Lipinski definition) is 5. The lowest BCUT2D eigenvalue weighted by molar-refractivity contribution is -0.122. The van der Waals surface area contributed by atoms with E-state index in [9.17, 15) is 14.4 Å². The molecule has 0 aliphatic carbocycles. The van der Waals surface area contributed by atoms with E-state index in [1.54, 1.807) is 30.3 Å². The molecule has 1 heterocycles. The van der Waals surface area contributed by atoms with Gasteiger partial charge in [0.2, 0.25) is 0 Å². The second-order valence-electron chi connectivity index (χ2n) is 7.83. The standard InChI is InChI=1S/C27H23BrN2O5/c1-3-34-23-15-19(14-22(28)24(23)35-16-18-9-5-4-6-10-18)13-21-25(31)29-27(33)30(26(21)32)20-11-7-8-17(2)12-20/h4-15H,3,16H2,1-2H3,(H,29,31,33)/b21-13+. The fourth-order valence-corrected chi connectivity index (χ4v) is 4.20. The molecule has 1 N–H and O–H groups in total. The van der Waals surface area contributed by atoms with Crippen LogP contribution in [0.2, 0.25) is 0 Å². The molecule has 0 spiro atoms. The molecule has 3 aromatic carbocycles. The molecule has 0 aromatic heterocycles. The zero-order valence-electron chi connectivity index (χ0n) is 19.2. The third-order valence-corrected chi connectivity index (χ3v) is 5.82. The van der Waals surface area contributed by atoms with Gasteiger partial charge in [0.15, 0.2) is 11.5 Å². The van der Waals surface area contributed by atoms with Gasteiger partial charge >= 0.3 is 6.03 Å². The molecule has 7 nitrogen and oxygen atoms in total. The van der Waals surface area contributed by atoms with Crippen molar-refractivity contribution in [3.8, 4) is 11.5 Å². The first kappa shape index (κ1) is 24.2. The van der Waals surface area contributed by atoms with Crippen LogP contribution in [-0.4, -0.2) is 24.5 Å². The normalized spacial score (nSPS) is 14.8. The minimum Gasteiger partial charge on any atom is -0.490 e. The summed E-state index contributed by atoms with van der Waals surface area (Å²) in [6.07, 6.45) is 1.43. The Morgan fingerprint density at radius 3 is 2.46 bits per heavy atom. The van der Waals surface area contributed by atoms with Crippen LogP contribution in [0.25, 0.3) is 6.08 Å². The Labute approximate surface area is 211 Å². The highest BCUT2D eigenvalue weighted by Gasteiger charge is 2.36. The fraction of sp³-hybridized carbons (Fsp3) is 0.148. The SMILES string of the molecule is CCOc1cc(/C=C2\C(=O)NC(=O)N(c3cccc(C)c3)C2=O)cc(Br)c1OCc1ccccc1. The van der Waals surface area contributed by atoms with Gasteiger partial charge in [-0.3, -0.25) is 14.9 Å². The van der Waals surface area contributed by atoms with Crippen molar-refractivity contribution < 1.29 is 23.9 Å². The van der Waals surface area contributed by atoms with Gasteiger partial charge in [0.25, 0.3) is 11.8 Å². The van der Waals surface area contributed by atoms with Crippen molar-refractivity contribution in [1.29, 1.82) is 0 Å². The molecular weight excluding hydrogens is 512 g/mol. The van der Waals surface area contributed by atoms with Gasteiger partial charge in [0.1, 0.15) is 12.2 Å². The average molecular weight is 535 g/mol. The number of urea groups is 1. The number of ether oxygens (including phenoxy) is 2. The fourth-order valence-electron chi connectivity index (χ4n) is 3.63. The summed E-state index contributed by atoms with van der Waals surface area (Å²) in [6, 6.07) is 19.3. The Bertz CT molecular complexity index is 1320. The lowest BCUT2D eigenvalue weighted by Gasteiger charge is -2.26. The van der Waals surface area contributed by atoms with Crippen LogP contribution in [-0.2, 0) is 16.2 Å². The van der Waals surface area contributed by atoms with Crippen LogP contribution >= 0.6 is 15.9 Å². The van der Waals surface area contributed by atoms with Gasteiger partial charge in [-0.2, -0.15) is 0 Å². The molecule has 8 heteroatoms. The minimum absolute atomic E-state index is 0.168. The smallest absolute Gasteiger partial charge is 0.335 e. The summed E-state index contributed by atoms with van der Waals surface area (Å²) in [4.78, 5) is 39.2. The lowest BCUT2D eigenvalue weighted by atomic mass is 10.1. The summed E-state index contributed by atoms with van der Waals surface area (Å²) in [6.45, 7) is 4.44. The summed E-state index contributed by atoms with van der Waals surface area (Å²) >= 11 is 3.52. The van der Waals surface area contributed by atoms with Crippen LogP contribution in [0.15, 0.2) is 76.8 Å². The van der Waals surface area contributed by atoms with E-state index in [0.717, 1.165) is 16.0 Å². The van der Waals surface area contributed by atoms with E-state index in [0.29, 0.717) is 40.4 Å². The van der Waals surface area contributed by atoms with Crippen molar-refractivity contribution in [3.05, 3.63) is 93.5 Å². The Morgan fingerprint density at radius 2 is 1.74 bits per heavy atom. The zero-order chi connectivity index (χ0) is 24.9. The first-order valence-electron chi connectivity index (χ1n) is 11.0. The number of nitrogens with zero attached hydrogens (tertiary/aromatic N) is 1. The van der Waals surface area contributed by atoms with E-state index >= 15 is 0 Å². The average Bonchev–Trinajstić information content (AvgIpc) is 2.82. The molecule has 178 valence electrons. The Morgan fingerprint density at radius 1 is 0.971 bits per heavy atom. The first-order valence-corrected chi connectivity index (χ1v) is 11.8. The molecule has 1 fully saturated rings. The van der Waals surface area contributed by atoms with E-state index in [2.05, 4.69) is 21.2 Å². The largest absolute Gasteiger partial charge is 0.490 e. The molecule has 0 atom stereocenters. The number of barbiturate groups is 1. The number of aryl methyl sites for hydroxylation is 1. The highest BCUT2D eigenvalue weighted by atomic mass is 79.9. The Kier molecular flexibility index (Phi) is 7.31. The highest BCUT2D eigenvalue weighted by molar-refractivity contribution is 9.10. The molecule has 4 amide bonds. The second kappa shape index (κ2) is 10.6. The maximum atomic E-state index is 13.2. The van der Waals surface area contributed by atoms with E-state index in [4.69, 9.17) is 9.47 Å². The summed E-state index contributed by atoms with van der Waals surface area (Å²) in [7, 11) is 0. The van der Waals surface area contributed by atoms with Gasteiger partial charge in [0.05, 0.1) is 16.8 Å². The minimum atomic E-state index is -0.788. The third-order valence-electron chi connectivity index (χ3n) is 5.23. The number of imide groups is 2. The predicted octanol–water partition coefficient (Wildman–Crippen LogP) is 5.40. The van der Waals surface area contributed by atoms with Crippen LogP contribution in [0.1, 0.15) is 23.6 Å². The molecule has 0 bridgehead atoms. The molecule has 0 radical (unpaired) electrons. The van der Waals surface area contributed by atoms with Crippen molar-refractivity contribution in [2.24, 2.45) is 0 Å². The number of halogens is 1. The number of rotatable bonds is 7. The monoisotopic (exact) mass is 534 g/mol.